The molecule has 2 aromatic carbocycles. The van der Waals surface area contributed by atoms with E-state index in [9.17, 15) is 8.42 Å². The van der Waals surface area contributed by atoms with Crippen molar-refractivity contribution in [2.24, 2.45) is 5.92 Å². The van der Waals surface area contributed by atoms with Gasteiger partial charge in [-0.3, -0.25) is 4.90 Å². The molecule has 1 atom stereocenters. The Morgan fingerprint density at radius 2 is 1.93 bits per heavy atom. The summed E-state index contributed by atoms with van der Waals surface area (Å²) in [6, 6.07) is 12.2. The molecule has 0 saturated carbocycles. The van der Waals surface area contributed by atoms with Gasteiger partial charge in [-0.1, -0.05) is 35.3 Å². The number of hydrogen-bond acceptors (Lipinski definition) is 5. The Morgan fingerprint density at radius 1 is 1.17 bits per heavy atom. The molecule has 0 unspecified atom stereocenters. The van der Waals surface area contributed by atoms with Gasteiger partial charge < -0.3 is 9.84 Å². The van der Waals surface area contributed by atoms with Crippen LogP contribution in [0.3, 0.4) is 0 Å². The monoisotopic (exact) mass is 472 g/mol. The van der Waals surface area contributed by atoms with Crippen LogP contribution in [0, 0.1) is 5.92 Å². The second-order valence-electron chi connectivity index (χ2n) is 7.39. The van der Waals surface area contributed by atoms with Crippen molar-refractivity contribution in [3.05, 3.63) is 58.1 Å². The van der Waals surface area contributed by atoms with Crippen molar-refractivity contribution in [2.45, 2.75) is 24.3 Å². The number of hydrogen-bond donors (Lipinski definition) is 2. The lowest BCUT2D eigenvalue weighted by molar-refractivity contribution is 0.168. The van der Waals surface area contributed by atoms with Crippen molar-refractivity contribution < 1.29 is 18.3 Å². The normalized spacial score (nSPS) is 17.8. The third-order valence-electron chi connectivity index (χ3n) is 5.04. The van der Waals surface area contributed by atoms with Crippen molar-refractivity contribution in [1.29, 1.82) is 0 Å². The summed E-state index contributed by atoms with van der Waals surface area (Å²) in [5.41, 5.74) is 1.17. The predicted molar refractivity (Wildman–Crippen MR) is 119 cm³/mol. The fraction of sp³-hybridized carbons (Fsp3) is 0.429. The van der Waals surface area contributed by atoms with Crippen molar-refractivity contribution >= 4 is 33.2 Å². The number of nitrogens with one attached hydrogen (secondary N) is 1. The summed E-state index contributed by atoms with van der Waals surface area (Å²) < 4.78 is 33.3. The highest BCUT2D eigenvalue weighted by atomic mass is 35.5. The predicted octanol–water partition coefficient (Wildman–Crippen LogP) is 3.56. The zero-order chi connectivity index (χ0) is 21.6. The van der Waals surface area contributed by atoms with Crippen LogP contribution in [0.2, 0.25) is 10.0 Å². The first-order valence-corrected chi connectivity index (χ1v) is 12.1. The van der Waals surface area contributed by atoms with E-state index < -0.39 is 10.0 Å². The molecule has 0 aromatic heterocycles. The molecule has 3 rings (SSSR count). The minimum atomic E-state index is -3.72. The Kier molecular flexibility index (Phi) is 8.39. The molecule has 164 valence electrons. The highest BCUT2D eigenvalue weighted by Crippen LogP contribution is 2.25. The van der Waals surface area contributed by atoms with Gasteiger partial charge in [0.2, 0.25) is 10.0 Å². The van der Waals surface area contributed by atoms with E-state index >= 15 is 0 Å². The molecule has 0 bridgehead atoms. The Bertz CT molecular complexity index is 939. The highest BCUT2D eigenvalue weighted by molar-refractivity contribution is 7.89. The quantitative estimate of drug-likeness (QED) is 0.583. The van der Waals surface area contributed by atoms with E-state index in [2.05, 4.69) is 9.62 Å². The van der Waals surface area contributed by atoms with Crippen molar-refractivity contribution in [2.75, 3.05) is 32.8 Å². The molecule has 1 saturated heterocycles. The third kappa shape index (κ3) is 6.57. The van der Waals surface area contributed by atoms with Gasteiger partial charge in [0.05, 0.1) is 11.6 Å². The molecule has 0 amide bonds. The topological polar surface area (TPSA) is 78.9 Å². The van der Waals surface area contributed by atoms with Crippen LogP contribution in [-0.2, 0) is 16.6 Å². The van der Waals surface area contributed by atoms with Crippen molar-refractivity contribution in [1.82, 2.24) is 9.62 Å². The Labute approximate surface area is 187 Å². The molecule has 2 N–H and O–H groups in total. The lowest BCUT2D eigenvalue weighted by atomic mass is 9.98. The number of piperidine rings is 1. The fourth-order valence-corrected chi connectivity index (χ4v) is 5.44. The van der Waals surface area contributed by atoms with E-state index in [4.69, 9.17) is 33.0 Å². The molecule has 9 heteroatoms. The molecule has 30 heavy (non-hydrogen) atoms. The molecule has 1 heterocycles. The second-order valence-corrected chi connectivity index (χ2v) is 9.97. The molecule has 1 aliphatic heterocycles. The third-order valence-corrected chi connectivity index (χ3v) is 7.18. The van der Waals surface area contributed by atoms with Gasteiger partial charge in [-0.15, -0.1) is 0 Å². The van der Waals surface area contributed by atoms with Gasteiger partial charge in [0.15, 0.2) is 0 Å². The Hall–Kier alpha value is -1.35. The summed E-state index contributed by atoms with van der Waals surface area (Å²) in [4.78, 5) is 2.34. The number of aliphatic hydroxyl groups excluding tert-OH is 1. The van der Waals surface area contributed by atoms with E-state index in [0.29, 0.717) is 11.6 Å². The van der Waals surface area contributed by atoms with Gasteiger partial charge in [-0.05, 0) is 61.2 Å². The number of sulfonamides is 1. The minimum Gasteiger partial charge on any atom is -0.491 e. The van der Waals surface area contributed by atoms with Crippen LogP contribution in [0.25, 0.3) is 0 Å². The molecule has 0 aliphatic carbocycles. The van der Waals surface area contributed by atoms with Gasteiger partial charge in [0.1, 0.15) is 17.3 Å². The summed E-state index contributed by atoms with van der Waals surface area (Å²) in [7, 11) is -3.72. The van der Waals surface area contributed by atoms with Gasteiger partial charge >= 0.3 is 0 Å². The summed E-state index contributed by atoms with van der Waals surface area (Å²) in [6.07, 6.45) is 1.98. The number of benzene rings is 2. The number of nitrogens with zero attached hydrogens (tertiary/aromatic N) is 1. The first-order valence-electron chi connectivity index (χ1n) is 9.87. The maximum absolute atomic E-state index is 12.6. The molecule has 2 aromatic rings. The first-order chi connectivity index (χ1) is 14.4. The number of likely N-dealkylation sites (tertiary alicyclic amines) is 1. The van der Waals surface area contributed by atoms with E-state index in [-0.39, 0.29) is 29.0 Å². The highest BCUT2D eigenvalue weighted by Gasteiger charge is 2.24. The van der Waals surface area contributed by atoms with Gasteiger partial charge in [-0.25, -0.2) is 13.1 Å². The van der Waals surface area contributed by atoms with Crippen LogP contribution in [0.5, 0.6) is 5.75 Å². The maximum atomic E-state index is 12.6. The van der Waals surface area contributed by atoms with Crippen LogP contribution in [-0.4, -0.2) is 51.3 Å². The van der Waals surface area contributed by atoms with E-state index in [1.165, 1.54) is 17.7 Å². The van der Waals surface area contributed by atoms with Crippen LogP contribution < -0.4 is 9.46 Å². The zero-order valence-corrected chi connectivity index (χ0v) is 18.9. The lowest BCUT2D eigenvalue weighted by Crippen LogP contribution is -2.40. The maximum Gasteiger partial charge on any atom is 0.242 e. The van der Waals surface area contributed by atoms with Crippen molar-refractivity contribution in [3.8, 4) is 5.75 Å². The van der Waals surface area contributed by atoms with Gasteiger partial charge in [0.25, 0.3) is 0 Å². The Morgan fingerprint density at radius 3 is 2.67 bits per heavy atom. The summed E-state index contributed by atoms with van der Waals surface area (Å²) in [5.74, 6) is 0.956. The second kappa shape index (κ2) is 10.8. The van der Waals surface area contributed by atoms with Crippen LogP contribution in [0.4, 0.5) is 0 Å². The van der Waals surface area contributed by atoms with E-state index in [1.54, 1.807) is 6.07 Å². The van der Waals surface area contributed by atoms with Crippen molar-refractivity contribution in [3.63, 3.8) is 0 Å². The molecule has 0 radical (unpaired) electrons. The number of aliphatic hydroxyl groups is 1. The lowest BCUT2D eigenvalue weighted by Gasteiger charge is -2.32. The fourth-order valence-electron chi connectivity index (χ4n) is 3.56. The standard InChI is InChI=1S/C21H26Cl2N2O4S/c22-18-5-8-20(23)21(12-18)30(27,28)24-13-17-2-1-9-25(15-17)14-16-3-6-19(7-4-16)29-11-10-26/h3-8,12,17,24,26H,1-2,9-11,13-15H2/t17-/m0/s1. The largest absolute Gasteiger partial charge is 0.491 e. The summed E-state index contributed by atoms with van der Waals surface area (Å²) in [6.45, 7) is 3.22. The number of halogens is 2. The smallest absolute Gasteiger partial charge is 0.242 e. The molecule has 1 fully saturated rings. The first kappa shape index (κ1) is 23.3. The van der Waals surface area contributed by atoms with E-state index in [0.717, 1.165) is 38.2 Å². The average molecular weight is 473 g/mol. The van der Waals surface area contributed by atoms with Crippen LogP contribution in [0.15, 0.2) is 47.4 Å². The average Bonchev–Trinajstić information content (AvgIpc) is 2.74. The molecule has 0 spiro atoms. The van der Waals surface area contributed by atoms with Crippen LogP contribution >= 0.6 is 23.2 Å². The van der Waals surface area contributed by atoms with Gasteiger partial charge in [-0.2, -0.15) is 0 Å². The minimum absolute atomic E-state index is 0.00726. The molecular formula is C21H26Cl2N2O4S. The summed E-state index contributed by atoms with van der Waals surface area (Å²) >= 11 is 12.0. The van der Waals surface area contributed by atoms with Gasteiger partial charge in [0, 0.05) is 24.7 Å². The van der Waals surface area contributed by atoms with E-state index in [1.807, 2.05) is 24.3 Å². The summed E-state index contributed by atoms with van der Waals surface area (Å²) in [5, 5.41) is 9.31. The number of ether oxygens (including phenoxy) is 1. The zero-order valence-electron chi connectivity index (χ0n) is 16.6. The van der Waals surface area contributed by atoms with Crippen LogP contribution in [0.1, 0.15) is 18.4 Å². The molecule has 6 nitrogen and oxygen atoms in total. The number of rotatable bonds is 9. The Balaban J connectivity index is 1.54. The molecule has 1 aliphatic rings. The SMILES string of the molecule is O=S(=O)(NC[C@@H]1CCCN(Cc2ccc(OCCO)cc2)C1)c1cc(Cl)ccc1Cl. The molecular weight excluding hydrogens is 447 g/mol.